The molecule has 6 nitrogen and oxygen atoms in total. The summed E-state index contributed by atoms with van der Waals surface area (Å²) in [6, 6.07) is 3.61. The fraction of sp³-hybridized carbons (Fsp3) is 0.684. The van der Waals surface area contributed by atoms with Crippen LogP contribution in [-0.4, -0.2) is 75.8 Å². The van der Waals surface area contributed by atoms with Crippen molar-refractivity contribution in [3.05, 3.63) is 24.2 Å². The first-order valence-corrected chi connectivity index (χ1v) is 9.76. The van der Waals surface area contributed by atoms with Crippen molar-refractivity contribution in [2.75, 3.05) is 44.2 Å². The molecule has 25 heavy (non-hydrogen) atoms. The predicted molar refractivity (Wildman–Crippen MR) is 99.2 cm³/mol. The topological polar surface area (TPSA) is 39.9 Å². The van der Waals surface area contributed by atoms with Gasteiger partial charge in [-0.3, -0.25) is 9.80 Å². The van der Waals surface area contributed by atoms with Crippen molar-refractivity contribution in [2.45, 2.75) is 44.7 Å². The number of aromatic nitrogens is 3. The Morgan fingerprint density at radius 2 is 1.84 bits per heavy atom. The lowest BCUT2D eigenvalue weighted by atomic mass is 10.1. The van der Waals surface area contributed by atoms with Crippen LogP contribution >= 0.6 is 0 Å². The molecule has 1 aliphatic carbocycles. The Hall–Kier alpha value is -1.66. The molecule has 0 radical (unpaired) electrons. The van der Waals surface area contributed by atoms with Crippen molar-refractivity contribution in [2.24, 2.45) is 0 Å². The van der Waals surface area contributed by atoms with Crippen molar-refractivity contribution in [3.8, 4) is 0 Å². The van der Waals surface area contributed by atoms with Crippen LogP contribution in [0.2, 0.25) is 0 Å². The van der Waals surface area contributed by atoms with Gasteiger partial charge in [0.05, 0.1) is 5.69 Å². The standard InChI is InChI=1S/C19H28N6/c1-14(2)22-7-9-23(10-8-22)16-12-24(13-16)19-18-11-17(15-3-4-15)21-25(18)6-5-20-19/h5-6,11,14-16H,3-4,7-10,12-13H2,1-2H3. The monoisotopic (exact) mass is 340 g/mol. The van der Waals surface area contributed by atoms with E-state index in [1.807, 2.05) is 16.9 Å². The fourth-order valence-electron chi connectivity index (χ4n) is 4.23. The summed E-state index contributed by atoms with van der Waals surface area (Å²) in [4.78, 5) is 12.4. The lowest BCUT2D eigenvalue weighted by Gasteiger charge is -2.49. The second kappa shape index (κ2) is 5.95. The van der Waals surface area contributed by atoms with E-state index in [1.165, 1.54) is 50.2 Å². The molecule has 3 aliphatic rings. The average molecular weight is 340 g/mol. The second-order valence-corrected chi connectivity index (χ2v) is 8.15. The summed E-state index contributed by atoms with van der Waals surface area (Å²) < 4.78 is 2.02. The molecule has 5 rings (SSSR count). The Morgan fingerprint density at radius 3 is 2.52 bits per heavy atom. The maximum absolute atomic E-state index is 4.74. The van der Waals surface area contributed by atoms with E-state index in [-0.39, 0.29) is 0 Å². The molecule has 2 aromatic rings. The van der Waals surface area contributed by atoms with E-state index in [0.29, 0.717) is 18.0 Å². The lowest BCUT2D eigenvalue weighted by molar-refractivity contribution is 0.0677. The first kappa shape index (κ1) is 15.6. The van der Waals surface area contributed by atoms with E-state index in [2.05, 4.69) is 39.6 Å². The van der Waals surface area contributed by atoms with Crippen molar-refractivity contribution in [1.82, 2.24) is 24.4 Å². The van der Waals surface area contributed by atoms with Gasteiger partial charge in [-0.15, -0.1) is 0 Å². The summed E-state index contributed by atoms with van der Waals surface area (Å²) in [5, 5.41) is 4.74. The maximum atomic E-state index is 4.74. The van der Waals surface area contributed by atoms with Crippen molar-refractivity contribution in [3.63, 3.8) is 0 Å². The van der Waals surface area contributed by atoms with Gasteiger partial charge in [-0.1, -0.05) is 0 Å². The van der Waals surface area contributed by atoms with Crippen LogP contribution in [-0.2, 0) is 0 Å². The number of hydrogen-bond acceptors (Lipinski definition) is 5. The molecule has 2 aliphatic heterocycles. The predicted octanol–water partition coefficient (Wildman–Crippen LogP) is 1.82. The number of piperazine rings is 1. The molecular formula is C19H28N6. The van der Waals surface area contributed by atoms with E-state index >= 15 is 0 Å². The van der Waals surface area contributed by atoms with Crippen LogP contribution in [0, 0.1) is 0 Å². The first-order chi connectivity index (χ1) is 12.2. The summed E-state index contributed by atoms with van der Waals surface area (Å²) in [6.07, 6.45) is 6.45. The molecule has 0 amide bonds. The van der Waals surface area contributed by atoms with Crippen molar-refractivity contribution >= 4 is 11.3 Å². The molecule has 0 aromatic carbocycles. The van der Waals surface area contributed by atoms with Crippen LogP contribution in [0.5, 0.6) is 0 Å². The van der Waals surface area contributed by atoms with E-state index in [1.54, 1.807) is 0 Å². The highest BCUT2D eigenvalue weighted by Gasteiger charge is 2.35. The molecule has 0 unspecified atom stereocenters. The number of nitrogens with zero attached hydrogens (tertiary/aromatic N) is 6. The molecule has 134 valence electrons. The third-order valence-corrected chi connectivity index (χ3v) is 6.14. The van der Waals surface area contributed by atoms with E-state index in [9.17, 15) is 0 Å². The number of fused-ring (bicyclic) bond motifs is 1. The van der Waals surface area contributed by atoms with Crippen molar-refractivity contribution < 1.29 is 0 Å². The average Bonchev–Trinajstić information content (AvgIpc) is 3.33. The van der Waals surface area contributed by atoms with Crippen LogP contribution in [0.1, 0.15) is 38.3 Å². The van der Waals surface area contributed by atoms with Gasteiger partial charge in [0.1, 0.15) is 5.52 Å². The Bertz CT molecular complexity index is 750. The number of hydrogen-bond donors (Lipinski definition) is 0. The molecule has 6 heteroatoms. The molecule has 1 saturated carbocycles. The SMILES string of the molecule is CC(C)N1CCN(C2CN(c3nccn4nc(C5CC5)cc34)C2)CC1. The molecule has 0 atom stereocenters. The normalized spacial score (nSPS) is 23.6. The summed E-state index contributed by atoms with van der Waals surface area (Å²) in [5.74, 6) is 1.80. The van der Waals surface area contributed by atoms with Crippen LogP contribution in [0.4, 0.5) is 5.82 Å². The number of anilines is 1. The van der Waals surface area contributed by atoms with Crippen LogP contribution in [0.25, 0.3) is 5.52 Å². The lowest BCUT2D eigenvalue weighted by Crippen LogP contribution is -2.63. The highest BCUT2D eigenvalue weighted by Crippen LogP contribution is 2.40. The van der Waals surface area contributed by atoms with Crippen LogP contribution in [0.15, 0.2) is 18.5 Å². The van der Waals surface area contributed by atoms with Gasteiger partial charge in [0, 0.05) is 69.7 Å². The highest BCUT2D eigenvalue weighted by molar-refractivity contribution is 5.70. The summed E-state index contributed by atoms with van der Waals surface area (Å²) >= 11 is 0. The molecule has 0 bridgehead atoms. The minimum atomic E-state index is 0.671. The summed E-state index contributed by atoms with van der Waals surface area (Å²) in [6.45, 7) is 11.6. The molecular weight excluding hydrogens is 312 g/mol. The maximum Gasteiger partial charge on any atom is 0.154 e. The van der Waals surface area contributed by atoms with E-state index in [0.717, 1.165) is 18.9 Å². The van der Waals surface area contributed by atoms with Gasteiger partial charge >= 0.3 is 0 Å². The van der Waals surface area contributed by atoms with Crippen molar-refractivity contribution in [1.29, 1.82) is 0 Å². The molecule has 4 heterocycles. The summed E-state index contributed by atoms with van der Waals surface area (Å²) in [7, 11) is 0. The van der Waals surface area contributed by atoms with Crippen LogP contribution < -0.4 is 4.90 Å². The van der Waals surface area contributed by atoms with Gasteiger partial charge in [0.2, 0.25) is 0 Å². The fourth-order valence-corrected chi connectivity index (χ4v) is 4.23. The Labute approximate surface area is 149 Å². The van der Waals surface area contributed by atoms with Gasteiger partial charge in [0.25, 0.3) is 0 Å². The number of rotatable bonds is 4. The van der Waals surface area contributed by atoms with E-state index in [4.69, 9.17) is 5.10 Å². The van der Waals surface area contributed by atoms with Gasteiger partial charge in [-0.05, 0) is 32.8 Å². The largest absolute Gasteiger partial charge is 0.352 e. The zero-order chi connectivity index (χ0) is 17.0. The van der Waals surface area contributed by atoms with Gasteiger partial charge in [-0.2, -0.15) is 5.10 Å². The minimum Gasteiger partial charge on any atom is -0.352 e. The molecule has 2 saturated heterocycles. The van der Waals surface area contributed by atoms with Gasteiger partial charge in [-0.25, -0.2) is 9.50 Å². The Morgan fingerprint density at radius 1 is 1.08 bits per heavy atom. The zero-order valence-corrected chi connectivity index (χ0v) is 15.3. The third-order valence-electron chi connectivity index (χ3n) is 6.14. The van der Waals surface area contributed by atoms with Crippen LogP contribution in [0.3, 0.4) is 0 Å². The Balaban J connectivity index is 1.26. The van der Waals surface area contributed by atoms with E-state index < -0.39 is 0 Å². The minimum absolute atomic E-state index is 0.671. The third kappa shape index (κ3) is 2.81. The van der Waals surface area contributed by atoms with Gasteiger partial charge in [0.15, 0.2) is 5.82 Å². The van der Waals surface area contributed by atoms with Gasteiger partial charge < -0.3 is 4.90 Å². The first-order valence-electron chi connectivity index (χ1n) is 9.76. The molecule has 3 fully saturated rings. The Kier molecular flexibility index (Phi) is 3.71. The summed E-state index contributed by atoms with van der Waals surface area (Å²) in [5.41, 5.74) is 2.42. The quantitative estimate of drug-likeness (QED) is 0.849. The zero-order valence-electron chi connectivity index (χ0n) is 15.3. The highest BCUT2D eigenvalue weighted by atomic mass is 15.4. The second-order valence-electron chi connectivity index (χ2n) is 8.15. The smallest absolute Gasteiger partial charge is 0.154 e. The molecule has 2 aromatic heterocycles. The molecule has 0 spiro atoms. The molecule has 0 N–H and O–H groups in total.